The van der Waals surface area contributed by atoms with E-state index in [4.69, 9.17) is 0 Å². The lowest BCUT2D eigenvalue weighted by molar-refractivity contribution is -0.0528. The number of nitrogens with one attached hydrogen (secondary N) is 1. The van der Waals surface area contributed by atoms with Crippen molar-refractivity contribution in [3.63, 3.8) is 0 Å². The van der Waals surface area contributed by atoms with Crippen LogP contribution in [0.1, 0.15) is 70.6 Å². The first-order valence-corrected chi connectivity index (χ1v) is 8.97. The summed E-state index contributed by atoms with van der Waals surface area (Å²) in [6, 6.07) is 0. The van der Waals surface area contributed by atoms with Gasteiger partial charge in [0.1, 0.15) is 0 Å². The summed E-state index contributed by atoms with van der Waals surface area (Å²) >= 11 is 0. The monoisotopic (exact) mass is 261 g/mol. The van der Waals surface area contributed by atoms with Crippen LogP contribution in [0, 0.1) is 29.6 Å². The molecule has 5 saturated carbocycles. The van der Waals surface area contributed by atoms with Crippen LogP contribution in [-0.2, 0) is 0 Å². The second-order valence-electron chi connectivity index (χ2n) is 8.39. The summed E-state index contributed by atoms with van der Waals surface area (Å²) in [4.78, 5) is 0. The zero-order valence-corrected chi connectivity index (χ0v) is 12.7. The molecule has 5 rings (SSSR count). The van der Waals surface area contributed by atoms with Crippen molar-refractivity contribution >= 4 is 0 Å². The van der Waals surface area contributed by atoms with Gasteiger partial charge in [-0.25, -0.2) is 0 Å². The molecule has 0 radical (unpaired) electrons. The third kappa shape index (κ3) is 2.17. The van der Waals surface area contributed by atoms with E-state index in [0.29, 0.717) is 5.54 Å². The molecular formula is C18H31N. The van der Waals surface area contributed by atoms with Gasteiger partial charge in [-0.3, -0.25) is 0 Å². The molecule has 0 saturated heterocycles. The molecule has 0 aromatic heterocycles. The second-order valence-corrected chi connectivity index (χ2v) is 8.39. The van der Waals surface area contributed by atoms with Crippen LogP contribution in [0.5, 0.6) is 0 Å². The van der Waals surface area contributed by atoms with Crippen molar-refractivity contribution in [2.45, 2.75) is 76.2 Å². The smallest absolute Gasteiger partial charge is 0.0181 e. The highest BCUT2D eigenvalue weighted by Gasteiger charge is 2.50. The first-order valence-electron chi connectivity index (χ1n) is 8.97. The molecule has 5 fully saturated rings. The van der Waals surface area contributed by atoms with Crippen molar-refractivity contribution in [1.29, 1.82) is 0 Å². The van der Waals surface area contributed by atoms with Gasteiger partial charge in [-0.05, 0) is 88.0 Å². The van der Waals surface area contributed by atoms with Crippen molar-refractivity contribution in [2.24, 2.45) is 29.6 Å². The summed E-state index contributed by atoms with van der Waals surface area (Å²) < 4.78 is 0. The van der Waals surface area contributed by atoms with E-state index in [1.54, 1.807) is 32.1 Å². The fourth-order valence-electron chi connectivity index (χ4n) is 6.61. The summed E-state index contributed by atoms with van der Waals surface area (Å²) in [5.41, 5.74) is 0.526. The van der Waals surface area contributed by atoms with Gasteiger partial charge in [-0.1, -0.05) is 19.3 Å². The van der Waals surface area contributed by atoms with E-state index >= 15 is 0 Å². The maximum absolute atomic E-state index is 3.78. The lowest BCUT2D eigenvalue weighted by Crippen LogP contribution is -2.52. The predicted molar refractivity (Wildman–Crippen MR) is 80.0 cm³/mol. The Morgan fingerprint density at radius 3 is 1.95 bits per heavy atom. The minimum Gasteiger partial charge on any atom is -0.314 e. The first kappa shape index (κ1) is 12.7. The third-order valence-corrected chi connectivity index (χ3v) is 7.39. The molecule has 1 nitrogen and oxygen atoms in total. The van der Waals surface area contributed by atoms with E-state index in [1.165, 1.54) is 38.5 Å². The van der Waals surface area contributed by atoms with Crippen LogP contribution in [0.2, 0.25) is 0 Å². The molecule has 4 bridgehead atoms. The second kappa shape index (κ2) is 4.76. The fraction of sp³-hybridized carbons (Fsp3) is 1.00. The van der Waals surface area contributed by atoms with Crippen molar-refractivity contribution < 1.29 is 0 Å². The summed E-state index contributed by atoms with van der Waals surface area (Å²) in [6.07, 6.45) is 16.8. The molecule has 108 valence electrons. The maximum atomic E-state index is 3.78. The molecule has 0 aromatic rings. The zero-order chi connectivity index (χ0) is 12.9. The Hall–Kier alpha value is -0.0400. The minimum atomic E-state index is 0.526. The molecular weight excluding hydrogens is 230 g/mol. The molecule has 1 N–H and O–H groups in total. The molecule has 5 aliphatic carbocycles. The predicted octanol–water partition coefficient (Wildman–Crippen LogP) is 4.37. The normalized spacial score (nSPS) is 47.5. The van der Waals surface area contributed by atoms with Crippen molar-refractivity contribution in [1.82, 2.24) is 5.32 Å². The van der Waals surface area contributed by atoms with E-state index < -0.39 is 0 Å². The summed E-state index contributed by atoms with van der Waals surface area (Å²) in [7, 11) is 2.24. The van der Waals surface area contributed by atoms with Crippen LogP contribution in [0.25, 0.3) is 0 Å². The highest BCUT2D eigenvalue weighted by atomic mass is 14.9. The summed E-state index contributed by atoms with van der Waals surface area (Å²) in [5, 5.41) is 3.78. The molecule has 1 heteroatoms. The lowest BCUT2D eigenvalue weighted by Gasteiger charge is -2.56. The quantitative estimate of drug-likeness (QED) is 0.795. The Morgan fingerprint density at radius 1 is 0.842 bits per heavy atom. The summed E-state index contributed by atoms with van der Waals surface area (Å²) in [5.74, 6) is 5.58. The van der Waals surface area contributed by atoms with Gasteiger partial charge in [-0.2, -0.15) is 0 Å². The molecule has 0 amide bonds. The van der Waals surface area contributed by atoms with E-state index in [-0.39, 0.29) is 0 Å². The highest BCUT2D eigenvalue weighted by Crippen LogP contribution is 2.58. The van der Waals surface area contributed by atoms with E-state index in [0.717, 1.165) is 29.6 Å². The van der Waals surface area contributed by atoms with Crippen LogP contribution in [0.3, 0.4) is 0 Å². The molecule has 0 unspecified atom stereocenters. The van der Waals surface area contributed by atoms with Crippen molar-refractivity contribution in [2.75, 3.05) is 7.05 Å². The van der Waals surface area contributed by atoms with Crippen LogP contribution < -0.4 is 5.32 Å². The van der Waals surface area contributed by atoms with Gasteiger partial charge in [0.2, 0.25) is 0 Å². The molecule has 0 heterocycles. The van der Waals surface area contributed by atoms with E-state index in [1.807, 2.05) is 0 Å². The molecule has 0 aliphatic heterocycles. The van der Waals surface area contributed by atoms with Gasteiger partial charge in [0.05, 0.1) is 0 Å². The van der Waals surface area contributed by atoms with Crippen LogP contribution in [-0.4, -0.2) is 12.6 Å². The number of rotatable bonds is 3. The largest absolute Gasteiger partial charge is 0.314 e. The Kier molecular flexibility index (Phi) is 3.17. The van der Waals surface area contributed by atoms with E-state index in [2.05, 4.69) is 12.4 Å². The molecule has 0 spiro atoms. The average Bonchev–Trinajstić information content (AvgIpc) is 2.43. The SMILES string of the molecule is CNC1(CC2C3CC4CC(C3)CC2C4)CCCCC1. The standard InChI is InChI=1S/C18H31N/c1-19-18(5-3-2-4-6-18)12-17-15-8-13-7-14(10-15)11-16(17)9-13/h13-17,19H,2-12H2,1H3. The summed E-state index contributed by atoms with van der Waals surface area (Å²) in [6.45, 7) is 0. The van der Waals surface area contributed by atoms with Gasteiger partial charge in [-0.15, -0.1) is 0 Å². The van der Waals surface area contributed by atoms with Gasteiger partial charge >= 0.3 is 0 Å². The van der Waals surface area contributed by atoms with Crippen molar-refractivity contribution in [3.8, 4) is 0 Å². The molecule has 0 aromatic carbocycles. The first-order chi connectivity index (χ1) is 9.28. The van der Waals surface area contributed by atoms with Gasteiger partial charge < -0.3 is 5.32 Å². The average molecular weight is 261 g/mol. The maximum Gasteiger partial charge on any atom is 0.0181 e. The Bertz CT molecular complexity index is 301. The van der Waals surface area contributed by atoms with Gasteiger partial charge in [0.15, 0.2) is 0 Å². The Morgan fingerprint density at radius 2 is 1.42 bits per heavy atom. The van der Waals surface area contributed by atoms with Crippen molar-refractivity contribution in [3.05, 3.63) is 0 Å². The topological polar surface area (TPSA) is 12.0 Å². The van der Waals surface area contributed by atoms with Gasteiger partial charge in [0.25, 0.3) is 0 Å². The zero-order valence-electron chi connectivity index (χ0n) is 12.7. The Labute approximate surface area is 118 Å². The van der Waals surface area contributed by atoms with Crippen LogP contribution >= 0.6 is 0 Å². The number of hydrogen-bond acceptors (Lipinski definition) is 1. The molecule has 0 atom stereocenters. The fourth-order valence-corrected chi connectivity index (χ4v) is 6.61. The lowest BCUT2D eigenvalue weighted by atomic mass is 9.50. The highest BCUT2D eigenvalue weighted by molar-refractivity contribution is 5.02. The van der Waals surface area contributed by atoms with E-state index in [9.17, 15) is 0 Å². The third-order valence-electron chi connectivity index (χ3n) is 7.39. The molecule has 5 aliphatic rings. The van der Waals surface area contributed by atoms with Crippen LogP contribution in [0.15, 0.2) is 0 Å². The van der Waals surface area contributed by atoms with Crippen LogP contribution in [0.4, 0.5) is 0 Å². The minimum absolute atomic E-state index is 0.526. The number of hydrogen-bond donors (Lipinski definition) is 1. The van der Waals surface area contributed by atoms with Gasteiger partial charge in [0, 0.05) is 5.54 Å². The Balaban J connectivity index is 1.50. The molecule has 19 heavy (non-hydrogen) atoms.